The van der Waals surface area contributed by atoms with Crippen LogP contribution in [0.5, 0.6) is 0 Å². The number of hydrogen-bond donors (Lipinski definition) is 2. The van der Waals surface area contributed by atoms with E-state index in [1.807, 2.05) is 6.92 Å². The molecule has 1 aromatic heterocycles. The maximum absolute atomic E-state index is 12.1. The zero-order valence-corrected chi connectivity index (χ0v) is 11.3. The van der Waals surface area contributed by atoms with Gasteiger partial charge < -0.3 is 14.8 Å². The van der Waals surface area contributed by atoms with Crippen LogP contribution in [-0.4, -0.2) is 23.0 Å². The van der Waals surface area contributed by atoms with Crippen LogP contribution < -0.4 is 5.32 Å². The van der Waals surface area contributed by atoms with Crippen LogP contribution in [0.3, 0.4) is 0 Å². The molecule has 18 heavy (non-hydrogen) atoms. The van der Waals surface area contributed by atoms with E-state index < -0.39 is 17.9 Å². The SMILES string of the molecule is Cc1oc(C)c(C(=O)NC(C)C(C)C(=O)O)c1C. The first kappa shape index (κ1) is 14.3. The summed E-state index contributed by atoms with van der Waals surface area (Å²) in [5, 5.41) is 11.6. The number of carboxylic acids is 1. The van der Waals surface area contributed by atoms with E-state index in [1.165, 1.54) is 0 Å². The molecule has 5 heteroatoms. The van der Waals surface area contributed by atoms with Crippen LogP contribution in [0.15, 0.2) is 4.42 Å². The third-order valence-corrected chi connectivity index (χ3v) is 3.29. The van der Waals surface area contributed by atoms with Gasteiger partial charge in [0.2, 0.25) is 0 Å². The van der Waals surface area contributed by atoms with E-state index in [9.17, 15) is 9.59 Å². The smallest absolute Gasteiger partial charge is 0.308 e. The van der Waals surface area contributed by atoms with Crippen molar-refractivity contribution < 1.29 is 19.1 Å². The van der Waals surface area contributed by atoms with Crippen molar-refractivity contribution in [1.29, 1.82) is 0 Å². The molecule has 2 N–H and O–H groups in total. The normalized spacial score (nSPS) is 14.1. The van der Waals surface area contributed by atoms with Gasteiger partial charge in [0.05, 0.1) is 11.5 Å². The molecule has 0 saturated heterocycles. The molecule has 1 amide bonds. The second-order valence-corrected chi connectivity index (χ2v) is 4.60. The van der Waals surface area contributed by atoms with Gasteiger partial charge in [-0.15, -0.1) is 0 Å². The topological polar surface area (TPSA) is 79.5 Å². The molecule has 1 aromatic rings. The second kappa shape index (κ2) is 5.25. The molecule has 5 nitrogen and oxygen atoms in total. The van der Waals surface area contributed by atoms with Gasteiger partial charge in [-0.1, -0.05) is 0 Å². The standard InChI is InChI=1S/C13H19NO4/c1-6(13(16)17)8(3)14-12(15)11-7(2)9(4)18-10(11)5/h6,8H,1-5H3,(H,14,15)(H,16,17). The first-order valence-electron chi connectivity index (χ1n) is 5.86. The number of carbonyl (C=O) groups is 2. The number of nitrogens with one attached hydrogen (secondary N) is 1. The highest BCUT2D eigenvalue weighted by molar-refractivity contribution is 5.97. The number of hydrogen-bond acceptors (Lipinski definition) is 3. The van der Waals surface area contributed by atoms with E-state index >= 15 is 0 Å². The molecule has 100 valence electrons. The lowest BCUT2D eigenvalue weighted by Gasteiger charge is -2.17. The van der Waals surface area contributed by atoms with Gasteiger partial charge >= 0.3 is 5.97 Å². The molecule has 2 unspecified atom stereocenters. The Morgan fingerprint density at radius 2 is 1.72 bits per heavy atom. The summed E-state index contributed by atoms with van der Waals surface area (Å²) in [6.45, 7) is 8.57. The summed E-state index contributed by atoms with van der Waals surface area (Å²) >= 11 is 0. The number of amides is 1. The predicted octanol–water partition coefficient (Wildman–Crippen LogP) is 2.04. The minimum atomic E-state index is -0.931. The van der Waals surface area contributed by atoms with Crippen LogP contribution in [-0.2, 0) is 4.79 Å². The summed E-state index contributed by atoms with van der Waals surface area (Å²) in [6, 6.07) is -0.441. The van der Waals surface area contributed by atoms with Crippen molar-refractivity contribution in [3.63, 3.8) is 0 Å². The number of aliphatic carboxylic acids is 1. The Morgan fingerprint density at radius 1 is 1.17 bits per heavy atom. The maximum atomic E-state index is 12.1. The summed E-state index contributed by atoms with van der Waals surface area (Å²) in [5.74, 6) is -0.598. The lowest BCUT2D eigenvalue weighted by molar-refractivity contribution is -0.141. The van der Waals surface area contributed by atoms with E-state index in [1.54, 1.807) is 27.7 Å². The zero-order chi connectivity index (χ0) is 14.0. The van der Waals surface area contributed by atoms with E-state index in [-0.39, 0.29) is 5.91 Å². The van der Waals surface area contributed by atoms with Crippen molar-refractivity contribution in [2.75, 3.05) is 0 Å². The van der Waals surface area contributed by atoms with E-state index in [0.717, 1.165) is 5.56 Å². The first-order chi connectivity index (χ1) is 8.25. The molecule has 2 atom stereocenters. The summed E-state index contributed by atoms with van der Waals surface area (Å²) in [5.41, 5.74) is 1.29. The Kier molecular flexibility index (Phi) is 4.16. The Hall–Kier alpha value is -1.78. The summed E-state index contributed by atoms with van der Waals surface area (Å²) in [6.07, 6.45) is 0. The van der Waals surface area contributed by atoms with Crippen LogP contribution in [0.2, 0.25) is 0 Å². The average Bonchev–Trinajstić information content (AvgIpc) is 2.51. The van der Waals surface area contributed by atoms with Crippen LogP contribution in [0.25, 0.3) is 0 Å². The lowest BCUT2D eigenvalue weighted by atomic mass is 10.0. The van der Waals surface area contributed by atoms with Crippen LogP contribution in [0.4, 0.5) is 0 Å². The molecular weight excluding hydrogens is 234 g/mol. The molecule has 1 heterocycles. The fourth-order valence-electron chi connectivity index (χ4n) is 1.75. The fourth-order valence-corrected chi connectivity index (χ4v) is 1.75. The molecule has 0 aliphatic heterocycles. The average molecular weight is 253 g/mol. The van der Waals surface area contributed by atoms with Crippen molar-refractivity contribution in [2.45, 2.75) is 40.7 Å². The van der Waals surface area contributed by atoms with Crippen LogP contribution in [0, 0.1) is 26.7 Å². The zero-order valence-electron chi connectivity index (χ0n) is 11.3. The molecule has 0 aliphatic carbocycles. The van der Waals surface area contributed by atoms with Crippen molar-refractivity contribution in [3.8, 4) is 0 Å². The van der Waals surface area contributed by atoms with Gasteiger partial charge in [0, 0.05) is 11.6 Å². The summed E-state index contributed by atoms with van der Waals surface area (Å²) in [4.78, 5) is 22.9. The van der Waals surface area contributed by atoms with E-state index in [0.29, 0.717) is 17.1 Å². The van der Waals surface area contributed by atoms with Crippen molar-refractivity contribution in [3.05, 3.63) is 22.6 Å². The van der Waals surface area contributed by atoms with Gasteiger partial charge in [0.15, 0.2) is 0 Å². The molecule has 0 saturated carbocycles. The number of carbonyl (C=O) groups excluding carboxylic acids is 1. The molecule has 0 aromatic carbocycles. The lowest BCUT2D eigenvalue weighted by Crippen LogP contribution is -2.40. The fraction of sp³-hybridized carbons (Fsp3) is 0.538. The summed E-state index contributed by atoms with van der Waals surface area (Å²) in [7, 11) is 0. The second-order valence-electron chi connectivity index (χ2n) is 4.60. The third-order valence-electron chi connectivity index (χ3n) is 3.29. The Bertz CT molecular complexity index is 476. The van der Waals surface area contributed by atoms with Gasteiger partial charge in [-0.3, -0.25) is 9.59 Å². The minimum Gasteiger partial charge on any atom is -0.481 e. The minimum absolute atomic E-state index is 0.289. The van der Waals surface area contributed by atoms with Crippen molar-refractivity contribution in [1.82, 2.24) is 5.32 Å². The monoisotopic (exact) mass is 253 g/mol. The van der Waals surface area contributed by atoms with Gasteiger partial charge in [0.25, 0.3) is 5.91 Å². The van der Waals surface area contributed by atoms with Gasteiger partial charge in [0.1, 0.15) is 11.5 Å². The highest BCUT2D eigenvalue weighted by atomic mass is 16.4. The van der Waals surface area contributed by atoms with Crippen molar-refractivity contribution in [2.24, 2.45) is 5.92 Å². The van der Waals surface area contributed by atoms with Crippen LogP contribution in [0.1, 0.15) is 41.3 Å². The quantitative estimate of drug-likeness (QED) is 0.860. The Labute approximate surface area is 106 Å². The number of aryl methyl sites for hydroxylation is 2. The highest BCUT2D eigenvalue weighted by Gasteiger charge is 2.24. The molecule has 1 rings (SSSR count). The van der Waals surface area contributed by atoms with Gasteiger partial charge in [-0.2, -0.15) is 0 Å². The molecule has 0 bridgehead atoms. The van der Waals surface area contributed by atoms with Gasteiger partial charge in [-0.25, -0.2) is 0 Å². The van der Waals surface area contributed by atoms with E-state index in [4.69, 9.17) is 9.52 Å². The third kappa shape index (κ3) is 2.72. The Balaban J connectivity index is 2.86. The van der Waals surface area contributed by atoms with Crippen LogP contribution >= 0.6 is 0 Å². The molecule has 0 radical (unpaired) electrons. The highest BCUT2D eigenvalue weighted by Crippen LogP contribution is 2.20. The maximum Gasteiger partial charge on any atom is 0.308 e. The molecular formula is C13H19NO4. The summed E-state index contributed by atoms with van der Waals surface area (Å²) < 4.78 is 5.38. The molecule has 0 aliphatic rings. The largest absolute Gasteiger partial charge is 0.481 e. The predicted molar refractivity (Wildman–Crippen MR) is 66.6 cm³/mol. The molecule has 0 spiro atoms. The number of carboxylic acid groups (broad SMARTS) is 1. The van der Waals surface area contributed by atoms with E-state index in [2.05, 4.69) is 5.32 Å². The van der Waals surface area contributed by atoms with Crippen molar-refractivity contribution >= 4 is 11.9 Å². The molecule has 0 fully saturated rings. The Morgan fingerprint density at radius 3 is 2.11 bits per heavy atom. The van der Waals surface area contributed by atoms with Gasteiger partial charge in [-0.05, 0) is 34.6 Å². The number of rotatable bonds is 4. The first-order valence-corrected chi connectivity index (χ1v) is 5.86. The number of furan rings is 1.